The van der Waals surface area contributed by atoms with Crippen molar-refractivity contribution >= 4 is 5.97 Å². The Morgan fingerprint density at radius 3 is 2.16 bits per heavy atom. The van der Waals surface area contributed by atoms with Gasteiger partial charge in [0.1, 0.15) is 11.8 Å². The van der Waals surface area contributed by atoms with Gasteiger partial charge in [-0.05, 0) is 24.1 Å². The predicted octanol–water partition coefficient (Wildman–Crippen LogP) is 2.06. The van der Waals surface area contributed by atoms with E-state index in [1.807, 2.05) is 0 Å². The Morgan fingerprint density at radius 1 is 1.21 bits per heavy atom. The van der Waals surface area contributed by atoms with Gasteiger partial charge in [0.05, 0.1) is 0 Å². The molecule has 0 aliphatic carbocycles. The molecule has 0 bridgehead atoms. The maximum atomic E-state index is 11.4. The van der Waals surface area contributed by atoms with Crippen LogP contribution in [0.15, 0.2) is 49.6 Å². The van der Waals surface area contributed by atoms with Crippen LogP contribution in [0.3, 0.4) is 0 Å². The molecule has 0 unspecified atom stereocenters. The van der Waals surface area contributed by atoms with E-state index in [1.54, 1.807) is 41.3 Å². The van der Waals surface area contributed by atoms with Gasteiger partial charge >= 0.3 is 5.97 Å². The SMILES string of the molecule is C=CCN(CC=C)[C@@H](Cc1ccc(O)cc1)C(=O)O. The van der Waals surface area contributed by atoms with Crippen molar-refractivity contribution in [3.8, 4) is 5.75 Å². The van der Waals surface area contributed by atoms with Gasteiger partial charge < -0.3 is 10.2 Å². The number of aliphatic carboxylic acids is 1. The number of hydrogen-bond acceptors (Lipinski definition) is 3. The molecule has 0 saturated heterocycles. The van der Waals surface area contributed by atoms with Gasteiger partial charge in [0.25, 0.3) is 0 Å². The quantitative estimate of drug-likeness (QED) is 0.703. The summed E-state index contributed by atoms with van der Waals surface area (Å²) >= 11 is 0. The molecule has 4 heteroatoms. The van der Waals surface area contributed by atoms with Crippen molar-refractivity contribution in [2.75, 3.05) is 13.1 Å². The zero-order valence-corrected chi connectivity index (χ0v) is 10.8. The molecule has 0 radical (unpaired) electrons. The summed E-state index contributed by atoms with van der Waals surface area (Å²) in [4.78, 5) is 13.2. The van der Waals surface area contributed by atoms with E-state index in [9.17, 15) is 15.0 Å². The summed E-state index contributed by atoms with van der Waals surface area (Å²) in [6.07, 6.45) is 3.73. The second-order valence-corrected chi connectivity index (χ2v) is 4.26. The highest BCUT2D eigenvalue weighted by Gasteiger charge is 2.24. The second kappa shape index (κ2) is 7.38. The highest BCUT2D eigenvalue weighted by atomic mass is 16.4. The monoisotopic (exact) mass is 261 g/mol. The van der Waals surface area contributed by atoms with Gasteiger partial charge in [0.2, 0.25) is 0 Å². The number of nitrogens with zero attached hydrogens (tertiary/aromatic N) is 1. The van der Waals surface area contributed by atoms with Crippen LogP contribution in [0.1, 0.15) is 5.56 Å². The molecule has 0 fully saturated rings. The Bertz CT molecular complexity index is 429. The third kappa shape index (κ3) is 4.60. The summed E-state index contributed by atoms with van der Waals surface area (Å²) in [5, 5.41) is 18.6. The van der Waals surface area contributed by atoms with E-state index in [-0.39, 0.29) is 5.75 Å². The smallest absolute Gasteiger partial charge is 0.321 e. The number of phenolic OH excluding ortho intramolecular Hbond substituents is 1. The molecule has 1 aromatic carbocycles. The van der Waals surface area contributed by atoms with Crippen LogP contribution in [0.4, 0.5) is 0 Å². The molecular weight excluding hydrogens is 242 g/mol. The highest BCUT2D eigenvalue weighted by Crippen LogP contribution is 2.14. The summed E-state index contributed by atoms with van der Waals surface area (Å²) < 4.78 is 0. The van der Waals surface area contributed by atoms with Crippen molar-refractivity contribution in [3.05, 3.63) is 55.1 Å². The maximum Gasteiger partial charge on any atom is 0.321 e. The van der Waals surface area contributed by atoms with Crippen LogP contribution >= 0.6 is 0 Å². The van der Waals surface area contributed by atoms with E-state index in [1.165, 1.54) is 0 Å². The van der Waals surface area contributed by atoms with Crippen molar-refractivity contribution in [2.45, 2.75) is 12.5 Å². The van der Waals surface area contributed by atoms with Crippen LogP contribution in [-0.2, 0) is 11.2 Å². The summed E-state index contributed by atoms with van der Waals surface area (Å²) in [6.45, 7) is 8.26. The Kier molecular flexibility index (Phi) is 5.82. The first kappa shape index (κ1) is 15.0. The molecule has 2 N–H and O–H groups in total. The molecule has 0 amide bonds. The molecule has 1 rings (SSSR count). The number of hydrogen-bond donors (Lipinski definition) is 2. The van der Waals surface area contributed by atoms with Gasteiger partial charge in [-0.1, -0.05) is 24.3 Å². The Balaban J connectivity index is 2.86. The first-order valence-electron chi connectivity index (χ1n) is 6.05. The minimum atomic E-state index is -0.878. The molecule has 19 heavy (non-hydrogen) atoms. The van der Waals surface area contributed by atoms with Crippen LogP contribution in [0.25, 0.3) is 0 Å². The summed E-state index contributed by atoms with van der Waals surface area (Å²) in [6, 6.07) is 5.93. The van der Waals surface area contributed by atoms with Gasteiger partial charge in [-0.3, -0.25) is 9.69 Å². The van der Waals surface area contributed by atoms with Crippen molar-refractivity contribution < 1.29 is 15.0 Å². The van der Waals surface area contributed by atoms with Gasteiger partial charge in [0, 0.05) is 13.1 Å². The molecule has 0 heterocycles. The summed E-state index contributed by atoms with van der Waals surface area (Å²) in [7, 11) is 0. The predicted molar refractivity (Wildman–Crippen MR) is 75.2 cm³/mol. The lowest BCUT2D eigenvalue weighted by Gasteiger charge is -2.26. The van der Waals surface area contributed by atoms with Crippen LogP contribution < -0.4 is 0 Å². The molecule has 0 aliphatic rings. The fourth-order valence-electron chi connectivity index (χ4n) is 1.89. The number of benzene rings is 1. The third-order valence-corrected chi connectivity index (χ3v) is 2.82. The van der Waals surface area contributed by atoms with E-state index < -0.39 is 12.0 Å². The Labute approximate surface area is 113 Å². The topological polar surface area (TPSA) is 60.8 Å². The summed E-state index contributed by atoms with van der Waals surface area (Å²) in [5.74, 6) is -0.707. The molecule has 1 atom stereocenters. The lowest BCUT2D eigenvalue weighted by molar-refractivity contribution is -0.142. The van der Waals surface area contributed by atoms with Crippen LogP contribution in [0, 0.1) is 0 Å². The van der Waals surface area contributed by atoms with E-state index in [0.29, 0.717) is 19.5 Å². The maximum absolute atomic E-state index is 11.4. The molecular formula is C15H19NO3. The van der Waals surface area contributed by atoms with E-state index in [0.717, 1.165) is 5.56 Å². The number of phenols is 1. The van der Waals surface area contributed by atoms with Crippen LogP contribution in [0.2, 0.25) is 0 Å². The van der Waals surface area contributed by atoms with Gasteiger partial charge in [-0.15, -0.1) is 13.2 Å². The first-order valence-corrected chi connectivity index (χ1v) is 6.05. The largest absolute Gasteiger partial charge is 0.508 e. The lowest BCUT2D eigenvalue weighted by Crippen LogP contribution is -2.43. The number of carboxylic acid groups (broad SMARTS) is 1. The zero-order valence-electron chi connectivity index (χ0n) is 10.8. The van der Waals surface area contributed by atoms with Crippen molar-refractivity contribution in [2.24, 2.45) is 0 Å². The highest BCUT2D eigenvalue weighted by molar-refractivity contribution is 5.74. The molecule has 1 aromatic rings. The fraction of sp³-hybridized carbons (Fsp3) is 0.267. The van der Waals surface area contributed by atoms with E-state index in [2.05, 4.69) is 13.2 Å². The average Bonchev–Trinajstić information content (AvgIpc) is 2.37. The molecule has 102 valence electrons. The molecule has 0 spiro atoms. The average molecular weight is 261 g/mol. The van der Waals surface area contributed by atoms with Crippen LogP contribution in [-0.4, -0.2) is 40.2 Å². The van der Waals surface area contributed by atoms with Gasteiger partial charge in [-0.2, -0.15) is 0 Å². The van der Waals surface area contributed by atoms with E-state index in [4.69, 9.17) is 0 Å². The zero-order chi connectivity index (χ0) is 14.3. The number of aromatic hydroxyl groups is 1. The van der Waals surface area contributed by atoms with Crippen LogP contribution in [0.5, 0.6) is 5.75 Å². The van der Waals surface area contributed by atoms with Gasteiger partial charge in [0.15, 0.2) is 0 Å². The summed E-state index contributed by atoms with van der Waals surface area (Å²) in [5.41, 5.74) is 0.864. The molecule has 0 aromatic heterocycles. The molecule has 0 aliphatic heterocycles. The van der Waals surface area contributed by atoms with E-state index >= 15 is 0 Å². The number of carbonyl (C=O) groups is 1. The number of rotatable bonds is 8. The first-order chi connectivity index (χ1) is 9.08. The second-order valence-electron chi connectivity index (χ2n) is 4.26. The molecule has 0 saturated carbocycles. The van der Waals surface area contributed by atoms with Crippen molar-refractivity contribution in [1.82, 2.24) is 4.90 Å². The third-order valence-electron chi connectivity index (χ3n) is 2.82. The standard InChI is InChI=1S/C15H19NO3/c1-3-9-16(10-4-2)14(15(18)19)11-12-5-7-13(17)8-6-12/h3-8,14,17H,1-2,9-11H2,(H,18,19)/t14-/m0/s1. The normalized spacial score (nSPS) is 12.1. The Morgan fingerprint density at radius 2 is 1.74 bits per heavy atom. The van der Waals surface area contributed by atoms with Crippen molar-refractivity contribution in [1.29, 1.82) is 0 Å². The minimum absolute atomic E-state index is 0.171. The Hall–Kier alpha value is -2.07. The number of carboxylic acids is 1. The fourth-order valence-corrected chi connectivity index (χ4v) is 1.89. The molecule has 4 nitrogen and oxygen atoms in total. The lowest BCUT2D eigenvalue weighted by atomic mass is 10.0. The van der Waals surface area contributed by atoms with Crippen molar-refractivity contribution in [3.63, 3.8) is 0 Å². The van der Waals surface area contributed by atoms with Gasteiger partial charge in [-0.25, -0.2) is 0 Å². The minimum Gasteiger partial charge on any atom is -0.508 e.